The van der Waals surface area contributed by atoms with E-state index >= 15 is 0 Å². The number of halogens is 1. The van der Waals surface area contributed by atoms with Gasteiger partial charge in [0.2, 0.25) is 6.79 Å². The molecule has 30 heavy (non-hydrogen) atoms. The van der Waals surface area contributed by atoms with Gasteiger partial charge in [-0.15, -0.1) is 0 Å². The van der Waals surface area contributed by atoms with Crippen molar-refractivity contribution in [3.63, 3.8) is 0 Å². The zero-order chi connectivity index (χ0) is 21.3. The molecule has 4 rings (SSSR count). The number of nitro groups is 1. The van der Waals surface area contributed by atoms with Crippen LogP contribution in [0, 0.1) is 10.1 Å². The van der Waals surface area contributed by atoms with Crippen LogP contribution in [-0.2, 0) is 11.3 Å². The minimum atomic E-state index is -0.482. The number of rotatable bonds is 5. The number of non-ortho nitro benzene ring substituents is 1. The Morgan fingerprint density at radius 2 is 1.97 bits per heavy atom. The van der Waals surface area contributed by atoms with E-state index in [-0.39, 0.29) is 23.9 Å². The second kappa shape index (κ2) is 8.21. The molecule has 2 aromatic rings. The molecule has 2 aromatic carbocycles. The molecule has 0 N–H and O–H groups in total. The van der Waals surface area contributed by atoms with Crippen LogP contribution in [0.2, 0.25) is 5.02 Å². The average molecular weight is 445 g/mol. The summed E-state index contributed by atoms with van der Waals surface area (Å²) in [6.45, 7) is 0.0996. The smallest absolute Gasteiger partial charge is 0.293 e. The Morgan fingerprint density at radius 3 is 2.73 bits per heavy atom. The summed E-state index contributed by atoms with van der Waals surface area (Å²) in [6, 6.07) is 9.32. The van der Waals surface area contributed by atoms with Crippen LogP contribution in [0.25, 0.3) is 6.08 Å². The fraction of sp³-hybridized carbons (Fsp3) is 0.100. The summed E-state index contributed by atoms with van der Waals surface area (Å²) in [4.78, 5) is 36.7. The Bertz CT molecular complexity index is 1130. The second-order valence-corrected chi connectivity index (χ2v) is 7.70. The molecule has 0 atom stereocenters. The van der Waals surface area contributed by atoms with Crippen molar-refractivity contribution < 1.29 is 24.0 Å². The van der Waals surface area contributed by atoms with Crippen LogP contribution in [0.1, 0.15) is 11.1 Å². The summed E-state index contributed by atoms with van der Waals surface area (Å²) in [5.41, 5.74) is 1.14. The van der Waals surface area contributed by atoms with Gasteiger partial charge in [0, 0.05) is 23.2 Å². The maximum absolute atomic E-state index is 12.6. The Morgan fingerprint density at radius 1 is 1.20 bits per heavy atom. The molecule has 1 saturated heterocycles. The van der Waals surface area contributed by atoms with Gasteiger partial charge in [-0.25, -0.2) is 0 Å². The van der Waals surface area contributed by atoms with Crippen LogP contribution in [-0.4, -0.2) is 27.8 Å². The van der Waals surface area contributed by atoms with Crippen molar-refractivity contribution in [1.82, 2.24) is 4.90 Å². The molecule has 1 fully saturated rings. The van der Waals surface area contributed by atoms with Gasteiger partial charge in [0.15, 0.2) is 11.5 Å². The number of benzene rings is 2. The van der Waals surface area contributed by atoms with Crippen LogP contribution < -0.4 is 9.47 Å². The minimum Gasteiger partial charge on any atom is -0.454 e. The van der Waals surface area contributed by atoms with Gasteiger partial charge in [0.1, 0.15) is 0 Å². The largest absolute Gasteiger partial charge is 0.454 e. The predicted octanol–water partition coefficient (Wildman–Crippen LogP) is 4.77. The number of nitro benzene ring substituents is 1. The van der Waals surface area contributed by atoms with E-state index in [0.717, 1.165) is 16.7 Å². The number of hydrogen-bond donors (Lipinski definition) is 0. The van der Waals surface area contributed by atoms with Crippen LogP contribution in [0.5, 0.6) is 11.5 Å². The Labute approximate surface area is 179 Å². The lowest BCUT2D eigenvalue weighted by molar-refractivity contribution is -0.384. The molecule has 2 aliphatic rings. The van der Waals surface area contributed by atoms with Crippen molar-refractivity contribution >= 4 is 46.3 Å². The lowest BCUT2D eigenvalue weighted by Gasteiger charge is -2.14. The lowest BCUT2D eigenvalue weighted by Crippen LogP contribution is -2.27. The normalized spacial score (nSPS) is 16.8. The highest BCUT2D eigenvalue weighted by Gasteiger charge is 2.35. The van der Waals surface area contributed by atoms with Gasteiger partial charge in [0.05, 0.1) is 16.4 Å². The molecular formula is C20H13ClN2O6S. The lowest BCUT2D eigenvalue weighted by atomic mass is 10.2. The number of ether oxygens (including phenoxy) is 2. The van der Waals surface area contributed by atoms with E-state index in [2.05, 4.69) is 0 Å². The molecule has 0 bridgehead atoms. The van der Waals surface area contributed by atoms with Crippen LogP contribution >= 0.6 is 23.4 Å². The molecule has 0 saturated carbocycles. The zero-order valence-corrected chi connectivity index (χ0v) is 16.8. The zero-order valence-electron chi connectivity index (χ0n) is 15.2. The first-order chi connectivity index (χ1) is 14.4. The molecule has 2 aliphatic heterocycles. The molecular weight excluding hydrogens is 432 g/mol. The van der Waals surface area contributed by atoms with Gasteiger partial charge in [-0.3, -0.25) is 24.6 Å². The highest BCUT2D eigenvalue weighted by Crippen LogP contribution is 2.39. The van der Waals surface area contributed by atoms with Gasteiger partial charge in [0.25, 0.3) is 16.8 Å². The van der Waals surface area contributed by atoms with E-state index in [1.807, 2.05) is 0 Å². The molecule has 0 radical (unpaired) electrons. The first kappa shape index (κ1) is 20.0. The Balaban J connectivity index is 1.49. The predicted molar refractivity (Wildman–Crippen MR) is 111 cm³/mol. The van der Waals surface area contributed by atoms with Gasteiger partial charge in [-0.2, -0.15) is 0 Å². The third-order valence-electron chi connectivity index (χ3n) is 4.36. The van der Waals surface area contributed by atoms with Crippen molar-refractivity contribution in [3.8, 4) is 11.5 Å². The first-order valence-corrected chi connectivity index (χ1v) is 9.86. The summed E-state index contributed by atoms with van der Waals surface area (Å²) in [5, 5.41) is 10.8. The molecule has 0 aliphatic carbocycles. The fourth-order valence-corrected chi connectivity index (χ4v) is 3.89. The Hall–Kier alpha value is -3.30. The molecule has 2 heterocycles. The SMILES string of the molecule is O=C1S/C(=C\C=C\c2cccc([N+](=O)[O-])c2)C(=O)N1Cc1cc2c(cc1Cl)OCO2. The number of amides is 2. The minimum absolute atomic E-state index is 0.00603. The van der Waals surface area contributed by atoms with E-state index in [0.29, 0.717) is 27.6 Å². The monoisotopic (exact) mass is 444 g/mol. The number of allylic oxidation sites excluding steroid dienone is 2. The molecule has 0 unspecified atom stereocenters. The molecule has 10 heteroatoms. The maximum atomic E-state index is 12.6. The number of carbonyl (C=O) groups is 2. The maximum Gasteiger partial charge on any atom is 0.293 e. The first-order valence-electron chi connectivity index (χ1n) is 8.67. The quantitative estimate of drug-likeness (QED) is 0.372. The van der Waals surface area contributed by atoms with Crippen molar-refractivity contribution in [2.45, 2.75) is 6.54 Å². The van der Waals surface area contributed by atoms with E-state index in [1.165, 1.54) is 18.2 Å². The number of imide groups is 1. The van der Waals surface area contributed by atoms with Gasteiger partial charge >= 0.3 is 0 Å². The van der Waals surface area contributed by atoms with Crippen LogP contribution in [0.4, 0.5) is 10.5 Å². The number of nitrogens with zero attached hydrogens (tertiary/aromatic N) is 2. The van der Waals surface area contributed by atoms with Crippen LogP contribution in [0.15, 0.2) is 53.5 Å². The third kappa shape index (κ3) is 4.03. The number of carbonyl (C=O) groups excluding carboxylic acids is 2. The van der Waals surface area contributed by atoms with Gasteiger partial charge in [-0.05, 0) is 35.0 Å². The Kier molecular flexibility index (Phi) is 5.47. The van der Waals surface area contributed by atoms with Crippen molar-refractivity contribution in [2.75, 3.05) is 6.79 Å². The van der Waals surface area contributed by atoms with Crippen molar-refractivity contribution in [3.05, 3.63) is 79.7 Å². The number of hydrogen-bond acceptors (Lipinski definition) is 7. The van der Waals surface area contributed by atoms with E-state index in [9.17, 15) is 19.7 Å². The highest BCUT2D eigenvalue weighted by molar-refractivity contribution is 8.18. The summed E-state index contributed by atoms with van der Waals surface area (Å²) < 4.78 is 10.6. The van der Waals surface area contributed by atoms with Crippen molar-refractivity contribution in [1.29, 1.82) is 0 Å². The van der Waals surface area contributed by atoms with Gasteiger partial charge in [-0.1, -0.05) is 35.9 Å². The summed E-state index contributed by atoms with van der Waals surface area (Å²) >= 11 is 7.05. The standard InChI is InChI=1S/C20H13ClN2O6S/c21-15-9-17-16(28-11-29-17)8-13(15)10-22-19(24)18(30-20(22)25)6-2-4-12-3-1-5-14(7-12)23(26)27/h1-9H,10-11H2/b4-2+,18-6-. The summed E-state index contributed by atoms with van der Waals surface area (Å²) in [6.07, 6.45) is 4.70. The van der Waals surface area contributed by atoms with E-state index in [4.69, 9.17) is 21.1 Å². The van der Waals surface area contributed by atoms with Crippen LogP contribution in [0.3, 0.4) is 0 Å². The van der Waals surface area contributed by atoms with E-state index < -0.39 is 16.1 Å². The van der Waals surface area contributed by atoms with E-state index in [1.54, 1.807) is 36.4 Å². The number of thioether (sulfide) groups is 1. The summed E-state index contributed by atoms with van der Waals surface area (Å²) in [5.74, 6) is 0.586. The topological polar surface area (TPSA) is 99.0 Å². The number of fused-ring (bicyclic) bond motifs is 1. The molecule has 8 nitrogen and oxygen atoms in total. The third-order valence-corrected chi connectivity index (χ3v) is 5.64. The molecule has 152 valence electrons. The summed E-state index contributed by atoms with van der Waals surface area (Å²) in [7, 11) is 0. The molecule has 0 aromatic heterocycles. The average Bonchev–Trinajstić information content (AvgIpc) is 3.27. The van der Waals surface area contributed by atoms with Gasteiger partial charge < -0.3 is 9.47 Å². The fourth-order valence-electron chi connectivity index (χ4n) is 2.89. The second-order valence-electron chi connectivity index (χ2n) is 6.30. The van der Waals surface area contributed by atoms with Crippen molar-refractivity contribution in [2.24, 2.45) is 0 Å². The highest BCUT2D eigenvalue weighted by atomic mass is 35.5. The molecule has 2 amide bonds. The molecule has 0 spiro atoms.